The Morgan fingerprint density at radius 3 is 2.20 bits per heavy atom. The van der Waals surface area contributed by atoms with Crippen molar-refractivity contribution >= 4 is 11.8 Å². The number of halogens is 4. The van der Waals surface area contributed by atoms with Crippen LogP contribution in [-0.2, 0) is 6.05 Å². The molecule has 3 aromatic rings. The van der Waals surface area contributed by atoms with Crippen molar-refractivity contribution < 1.29 is 17.6 Å². The SMILES string of the molecule is Cc1ccc(-c2cn(C(F)(F)C(F)(F)Sc3ccccc3)nn2)cc1. The van der Waals surface area contributed by atoms with E-state index in [-0.39, 0.29) is 27.0 Å². The molecular weight excluding hydrogens is 354 g/mol. The normalized spacial score (nSPS) is 12.4. The van der Waals surface area contributed by atoms with E-state index >= 15 is 0 Å². The Balaban J connectivity index is 1.87. The van der Waals surface area contributed by atoms with Crippen LogP contribution in [0.5, 0.6) is 0 Å². The van der Waals surface area contributed by atoms with Gasteiger partial charge in [0.05, 0.1) is 6.20 Å². The average molecular weight is 367 g/mol. The molecule has 0 amide bonds. The van der Waals surface area contributed by atoms with Gasteiger partial charge in [0.2, 0.25) is 0 Å². The molecule has 3 rings (SSSR count). The minimum atomic E-state index is -4.54. The highest BCUT2D eigenvalue weighted by atomic mass is 32.2. The van der Waals surface area contributed by atoms with Crippen molar-refractivity contribution in [3.63, 3.8) is 0 Å². The van der Waals surface area contributed by atoms with Crippen LogP contribution in [-0.4, -0.2) is 20.2 Å². The second-order valence-electron chi connectivity index (χ2n) is 5.39. The second-order valence-corrected chi connectivity index (χ2v) is 6.58. The number of thioether (sulfide) groups is 1. The van der Waals surface area contributed by atoms with Gasteiger partial charge in [-0.05, 0) is 30.8 Å². The third-order valence-corrected chi connectivity index (χ3v) is 4.48. The monoisotopic (exact) mass is 367 g/mol. The van der Waals surface area contributed by atoms with Crippen LogP contribution in [0, 0.1) is 6.92 Å². The van der Waals surface area contributed by atoms with Gasteiger partial charge in [-0.3, -0.25) is 0 Å². The molecule has 2 aromatic carbocycles. The van der Waals surface area contributed by atoms with Crippen molar-refractivity contribution in [2.75, 3.05) is 0 Å². The number of aromatic nitrogens is 3. The van der Waals surface area contributed by atoms with Crippen molar-refractivity contribution in [3.05, 3.63) is 66.4 Å². The molecule has 0 N–H and O–H groups in total. The van der Waals surface area contributed by atoms with E-state index in [2.05, 4.69) is 10.3 Å². The van der Waals surface area contributed by atoms with E-state index in [1.54, 1.807) is 30.3 Å². The maximum atomic E-state index is 14.3. The first-order chi connectivity index (χ1) is 11.8. The summed E-state index contributed by atoms with van der Waals surface area (Å²) in [5, 5.41) is 2.41. The lowest BCUT2D eigenvalue weighted by atomic mass is 10.1. The first-order valence-corrected chi connectivity index (χ1v) is 8.11. The summed E-state index contributed by atoms with van der Waals surface area (Å²) in [4.78, 5) is 0.0334. The van der Waals surface area contributed by atoms with E-state index in [4.69, 9.17) is 0 Å². The quantitative estimate of drug-likeness (QED) is 0.459. The molecule has 1 aromatic heterocycles. The summed E-state index contributed by atoms with van der Waals surface area (Å²) < 4.78 is 56.8. The van der Waals surface area contributed by atoms with E-state index in [9.17, 15) is 17.6 Å². The average Bonchev–Trinajstić information content (AvgIpc) is 3.06. The minimum Gasteiger partial charge on any atom is -0.184 e. The maximum Gasteiger partial charge on any atom is 0.418 e. The van der Waals surface area contributed by atoms with Gasteiger partial charge < -0.3 is 0 Å². The lowest BCUT2D eigenvalue weighted by molar-refractivity contribution is -0.217. The number of hydrogen-bond acceptors (Lipinski definition) is 3. The van der Waals surface area contributed by atoms with Crippen LogP contribution in [0.1, 0.15) is 5.56 Å². The minimum absolute atomic E-state index is 0.0334. The van der Waals surface area contributed by atoms with Crippen molar-refractivity contribution in [1.82, 2.24) is 15.0 Å². The topological polar surface area (TPSA) is 30.7 Å². The predicted molar refractivity (Wildman–Crippen MR) is 87.6 cm³/mol. The molecule has 0 aliphatic rings. The highest BCUT2D eigenvalue weighted by Gasteiger charge is 2.60. The summed E-state index contributed by atoms with van der Waals surface area (Å²) >= 11 is -0.217. The molecule has 8 heteroatoms. The molecule has 0 unspecified atom stereocenters. The van der Waals surface area contributed by atoms with Gasteiger partial charge in [-0.1, -0.05) is 53.2 Å². The molecule has 0 spiro atoms. The fraction of sp³-hybridized carbons (Fsp3) is 0.176. The van der Waals surface area contributed by atoms with Crippen LogP contribution in [0.25, 0.3) is 11.3 Å². The molecule has 0 radical (unpaired) electrons. The van der Waals surface area contributed by atoms with E-state index in [0.29, 0.717) is 5.56 Å². The zero-order chi connectivity index (χ0) is 18.1. The zero-order valence-electron chi connectivity index (χ0n) is 13.0. The molecule has 1 heterocycles. The lowest BCUT2D eigenvalue weighted by Gasteiger charge is -2.25. The molecule has 0 atom stereocenters. The molecule has 0 aliphatic carbocycles. The second kappa shape index (κ2) is 6.51. The first-order valence-electron chi connectivity index (χ1n) is 7.29. The number of benzene rings is 2. The van der Waals surface area contributed by atoms with Gasteiger partial charge >= 0.3 is 11.3 Å². The van der Waals surface area contributed by atoms with Crippen LogP contribution < -0.4 is 0 Å². The molecule has 130 valence electrons. The van der Waals surface area contributed by atoms with Crippen molar-refractivity contribution in [3.8, 4) is 11.3 Å². The van der Waals surface area contributed by atoms with Gasteiger partial charge in [-0.25, -0.2) is 0 Å². The highest BCUT2D eigenvalue weighted by Crippen LogP contribution is 2.49. The van der Waals surface area contributed by atoms with Crippen molar-refractivity contribution in [2.45, 2.75) is 23.1 Å². The van der Waals surface area contributed by atoms with Gasteiger partial charge in [0.15, 0.2) is 0 Å². The molecule has 0 aliphatic heterocycles. The smallest absolute Gasteiger partial charge is 0.184 e. The summed E-state index contributed by atoms with van der Waals surface area (Å²) in [7, 11) is 0. The van der Waals surface area contributed by atoms with Crippen LogP contribution in [0.15, 0.2) is 65.7 Å². The van der Waals surface area contributed by atoms with Gasteiger partial charge in [0, 0.05) is 10.5 Å². The van der Waals surface area contributed by atoms with E-state index in [0.717, 1.165) is 11.8 Å². The standard InChI is InChI=1S/C17H13F4N3S/c1-12-7-9-13(10-8-12)15-11-24(23-22-15)16(18,19)17(20,21)25-14-5-3-2-4-6-14/h2-11H,1H3. The van der Waals surface area contributed by atoms with Crippen LogP contribution in [0.3, 0.4) is 0 Å². The Bertz CT molecular complexity index is 848. The Morgan fingerprint density at radius 2 is 1.56 bits per heavy atom. The zero-order valence-corrected chi connectivity index (χ0v) is 13.9. The van der Waals surface area contributed by atoms with E-state index in [1.807, 2.05) is 6.92 Å². The summed E-state index contributed by atoms with van der Waals surface area (Å²) in [5.41, 5.74) is 1.60. The van der Waals surface area contributed by atoms with Gasteiger partial charge in [0.25, 0.3) is 0 Å². The summed E-state index contributed by atoms with van der Waals surface area (Å²) in [6.07, 6.45) is 0.824. The largest absolute Gasteiger partial charge is 0.418 e. The maximum absolute atomic E-state index is 14.3. The van der Waals surface area contributed by atoms with E-state index in [1.165, 1.54) is 24.3 Å². The molecular formula is C17H13F4N3S. The Hall–Kier alpha value is -2.35. The number of rotatable bonds is 5. The fourth-order valence-electron chi connectivity index (χ4n) is 2.09. The van der Waals surface area contributed by atoms with Crippen LogP contribution >= 0.6 is 11.8 Å². The predicted octanol–water partition coefficient (Wildman–Crippen LogP) is 5.19. The highest BCUT2D eigenvalue weighted by molar-refractivity contribution is 8.00. The molecule has 0 saturated carbocycles. The summed E-state index contributed by atoms with van der Waals surface area (Å²) in [6.45, 7) is 1.87. The molecule has 0 bridgehead atoms. The molecule has 0 saturated heterocycles. The third-order valence-electron chi connectivity index (χ3n) is 3.47. The molecule has 3 nitrogen and oxygen atoms in total. The Labute approximate surface area is 145 Å². The van der Waals surface area contributed by atoms with Crippen LogP contribution in [0.2, 0.25) is 0 Å². The number of nitrogens with zero attached hydrogens (tertiary/aromatic N) is 3. The molecule has 25 heavy (non-hydrogen) atoms. The van der Waals surface area contributed by atoms with Gasteiger partial charge in [0.1, 0.15) is 5.69 Å². The van der Waals surface area contributed by atoms with Gasteiger partial charge in [-0.15, -0.1) is 5.10 Å². The number of alkyl halides is 4. The first kappa shape index (κ1) is 17.5. The van der Waals surface area contributed by atoms with E-state index < -0.39 is 11.3 Å². The van der Waals surface area contributed by atoms with Crippen LogP contribution in [0.4, 0.5) is 17.6 Å². The molecule has 0 fully saturated rings. The number of aryl methyl sites for hydroxylation is 1. The fourth-order valence-corrected chi connectivity index (χ4v) is 2.89. The lowest BCUT2D eigenvalue weighted by Crippen LogP contribution is -2.41. The summed E-state index contributed by atoms with van der Waals surface area (Å²) in [5.74, 6) is 0. The van der Waals surface area contributed by atoms with Crippen molar-refractivity contribution in [1.29, 1.82) is 0 Å². The summed E-state index contributed by atoms with van der Waals surface area (Å²) in [6, 6.07) is 9.63. The Kier molecular flexibility index (Phi) is 4.55. The Morgan fingerprint density at radius 1 is 0.920 bits per heavy atom. The van der Waals surface area contributed by atoms with Crippen molar-refractivity contribution in [2.24, 2.45) is 0 Å². The number of hydrogen-bond donors (Lipinski definition) is 0. The van der Waals surface area contributed by atoms with Gasteiger partial charge in [-0.2, -0.15) is 22.2 Å². The third kappa shape index (κ3) is 3.53.